The minimum absolute atomic E-state index is 0.444. The van der Waals surface area contributed by atoms with Gasteiger partial charge in [-0.25, -0.2) is 31.1 Å². The van der Waals surface area contributed by atoms with E-state index in [4.69, 9.17) is 5.11 Å². The van der Waals surface area contributed by atoms with E-state index in [0.717, 1.165) is 6.07 Å². The number of hydrogen-bond acceptors (Lipinski definition) is 3. The van der Waals surface area contributed by atoms with E-state index in [-0.39, 0.29) is 0 Å². The number of carboxylic acid groups (broad SMARTS) is 1. The van der Waals surface area contributed by atoms with E-state index in [1.807, 2.05) is 0 Å². The summed E-state index contributed by atoms with van der Waals surface area (Å²) in [7, 11) is -4.43. The molecule has 0 heterocycles. The third kappa shape index (κ3) is 3.44. The topological polar surface area (TPSA) is 83.5 Å². The second-order valence-corrected chi connectivity index (χ2v) is 4.93. The largest absolute Gasteiger partial charge is 0.478 e. The molecule has 5 nitrogen and oxygen atoms in total. The number of aromatic carboxylic acids is 1. The van der Waals surface area contributed by atoms with E-state index in [1.165, 1.54) is 4.72 Å². The molecular formula is C9H8F3NO4S. The predicted molar refractivity (Wildman–Crippen MR) is 54.6 cm³/mol. The van der Waals surface area contributed by atoms with E-state index in [2.05, 4.69) is 0 Å². The molecule has 1 aromatic carbocycles. The maximum absolute atomic E-state index is 13.4. The van der Waals surface area contributed by atoms with Crippen LogP contribution in [-0.4, -0.2) is 32.5 Å². The van der Waals surface area contributed by atoms with Gasteiger partial charge in [0.15, 0.2) is 0 Å². The lowest BCUT2D eigenvalue weighted by Gasteiger charge is -2.07. The zero-order valence-corrected chi connectivity index (χ0v) is 9.55. The summed E-state index contributed by atoms with van der Waals surface area (Å²) < 4.78 is 61.4. The lowest BCUT2D eigenvalue weighted by atomic mass is 10.2. The smallest absolute Gasteiger partial charge is 0.335 e. The fourth-order valence-corrected chi connectivity index (χ4v) is 2.17. The number of rotatable bonds is 5. The number of halogens is 3. The van der Waals surface area contributed by atoms with Crippen LogP contribution in [-0.2, 0) is 10.0 Å². The number of alkyl halides is 2. The average Bonchev–Trinajstić information content (AvgIpc) is 2.26. The Morgan fingerprint density at radius 1 is 1.39 bits per heavy atom. The van der Waals surface area contributed by atoms with Crippen LogP contribution in [0.3, 0.4) is 0 Å². The van der Waals surface area contributed by atoms with Gasteiger partial charge in [0.2, 0.25) is 10.0 Å². The van der Waals surface area contributed by atoms with Crippen molar-refractivity contribution in [2.75, 3.05) is 6.54 Å². The molecule has 0 aromatic heterocycles. The van der Waals surface area contributed by atoms with Crippen molar-refractivity contribution in [3.8, 4) is 0 Å². The number of sulfonamides is 1. The second kappa shape index (κ2) is 5.36. The Kier molecular flexibility index (Phi) is 4.30. The first-order chi connectivity index (χ1) is 8.24. The summed E-state index contributed by atoms with van der Waals surface area (Å²) in [5.74, 6) is -2.75. The Balaban J connectivity index is 3.06. The van der Waals surface area contributed by atoms with Crippen LogP contribution in [0.15, 0.2) is 23.1 Å². The normalized spacial score (nSPS) is 11.8. The zero-order valence-electron chi connectivity index (χ0n) is 8.73. The molecule has 0 atom stereocenters. The zero-order chi connectivity index (χ0) is 13.9. The first-order valence-corrected chi connectivity index (χ1v) is 6.03. The van der Waals surface area contributed by atoms with Gasteiger partial charge >= 0.3 is 5.97 Å². The van der Waals surface area contributed by atoms with Crippen LogP contribution in [0.25, 0.3) is 0 Å². The lowest BCUT2D eigenvalue weighted by molar-refractivity contribution is 0.0696. The SMILES string of the molecule is O=C(O)c1ccc(S(=O)(=O)NCC(F)F)c(F)c1. The molecule has 1 aromatic rings. The first-order valence-electron chi connectivity index (χ1n) is 4.54. The average molecular weight is 283 g/mol. The Morgan fingerprint density at radius 2 is 2.00 bits per heavy atom. The highest BCUT2D eigenvalue weighted by Crippen LogP contribution is 2.16. The van der Waals surface area contributed by atoms with Crippen LogP contribution in [0.4, 0.5) is 13.2 Å². The highest BCUT2D eigenvalue weighted by molar-refractivity contribution is 7.89. The van der Waals surface area contributed by atoms with Gasteiger partial charge in [-0.15, -0.1) is 0 Å². The number of nitrogens with one attached hydrogen (secondary N) is 1. The van der Waals surface area contributed by atoms with Crippen LogP contribution in [0, 0.1) is 5.82 Å². The van der Waals surface area contributed by atoms with E-state index in [9.17, 15) is 26.4 Å². The molecule has 0 saturated heterocycles. The molecular weight excluding hydrogens is 275 g/mol. The third-order valence-electron chi connectivity index (χ3n) is 1.90. The number of benzene rings is 1. The molecule has 1 rings (SSSR count). The van der Waals surface area contributed by atoms with Gasteiger partial charge in [0, 0.05) is 0 Å². The van der Waals surface area contributed by atoms with Crippen molar-refractivity contribution in [1.82, 2.24) is 4.72 Å². The van der Waals surface area contributed by atoms with Crippen molar-refractivity contribution in [3.05, 3.63) is 29.6 Å². The number of carboxylic acids is 1. The third-order valence-corrected chi connectivity index (χ3v) is 3.35. The Bertz CT molecular complexity index is 559. The van der Waals surface area contributed by atoms with Crippen molar-refractivity contribution in [2.45, 2.75) is 11.3 Å². The molecule has 2 N–H and O–H groups in total. The van der Waals surface area contributed by atoms with Crippen molar-refractivity contribution >= 4 is 16.0 Å². The molecule has 9 heteroatoms. The van der Waals surface area contributed by atoms with Crippen LogP contribution in [0.1, 0.15) is 10.4 Å². The molecule has 0 aliphatic heterocycles. The molecule has 0 saturated carbocycles. The van der Waals surface area contributed by atoms with Crippen molar-refractivity contribution < 1.29 is 31.5 Å². The van der Waals surface area contributed by atoms with Crippen LogP contribution in [0.2, 0.25) is 0 Å². The summed E-state index contributed by atoms with van der Waals surface area (Å²) >= 11 is 0. The van der Waals surface area contributed by atoms with Gasteiger partial charge < -0.3 is 5.11 Å². The van der Waals surface area contributed by atoms with Gasteiger partial charge in [-0.3, -0.25) is 0 Å². The molecule has 0 aliphatic rings. The molecule has 0 fully saturated rings. The summed E-state index contributed by atoms with van der Waals surface area (Å²) in [5.41, 5.74) is -0.444. The van der Waals surface area contributed by atoms with E-state index in [1.54, 1.807) is 0 Å². The highest BCUT2D eigenvalue weighted by Gasteiger charge is 2.21. The molecule has 0 amide bonds. The van der Waals surface area contributed by atoms with Crippen molar-refractivity contribution in [3.63, 3.8) is 0 Å². The molecule has 0 bridgehead atoms. The summed E-state index contributed by atoms with van der Waals surface area (Å²) in [6.45, 7) is -1.15. The summed E-state index contributed by atoms with van der Waals surface area (Å²) in [4.78, 5) is 9.62. The molecule has 0 radical (unpaired) electrons. The van der Waals surface area contributed by atoms with Gasteiger partial charge in [-0.2, -0.15) is 0 Å². The van der Waals surface area contributed by atoms with E-state index < -0.39 is 45.2 Å². The maximum Gasteiger partial charge on any atom is 0.335 e. The minimum atomic E-state index is -4.43. The Morgan fingerprint density at radius 3 is 2.44 bits per heavy atom. The van der Waals surface area contributed by atoms with Crippen LogP contribution >= 0.6 is 0 Å². The quantitative estimate of drug-likeness (QED) is 0.846. The van der Waals surface area contributed by atoms with Gasteiger partial charge in [-0.05, 0) is 18.2 Å². The van der Waals surface area contributed by atoms with Crippen LogP contribution < -0.4 is 4.72 Å². The minimum Gasteiger partial charge on any atom is -0.478 e. The van der Waals surface area contributed by atoms with Gasteiger partial charge in [-0.1, -0.05) is 0 Å². The highest BCUT2D eigenvalue weighted by atomic mass is 32.2. The summed E-state index contributed by atoms with van der Waals surface area (Å²) in [6, 6.07) is 2.06. The first kappa shape index (κ1) is 14.5. The maximum atomic E-state index is 13.4. The van der Waals surface area contributed by atoms with Crippen molar-refractivity contribution in [2.24, 2.45) is 0 Å². The monoisotopic (exact) mass is 283 g/mol. The van der Waals surface area contributed by atoms with Gasteiger partial charge in [0.1, 0.15) is 10.7 Å². The summed E-state index contributed by atoms with van der Waals surface area (Å²) in [5, 5.41) is 8.55. The lowest BCUT2D eigenvalue weighted by Crippen LogP contribution is -2.29. The summed E-state index contributed by atoms with van der Waals surface area (Å²) in [6.07, 6.45) is -2.92. The Labute approximate surface area is 100 Å². The molecule has 100 valence electrons. The molecule has 18 heavy (non-hydrogen) atoms. The van der Waals surface area contributed by atoms with E-state index >= 15 is 0 Å². The van der Waals surface area contributed by atoms with Gasteiger partial charge in [0.25, 0.3) is 6.43 Å². The fourth-order valence-electron chi connectivity index (χ4n) is 1.10. The number of carbonyl (C=O) groups is 1. The fraction of sp³-hybridized carbons (Fsp3) is 0.222. The van der Waals surface area contributed by atoms with Crippen LogP contribution in [0.5, 0.6) is 0 Å². The standard InChI is InChI=1S/C9H8F3NO4S/c10-6-3-5(9(14)15)1-2-7(6)18(16,17)13-4-8(11)12/h1-3,8,13H,4H2,(H,14,15). The van der Waals surface area contributed by atoms with Gasteiger partial charge in [0.05, 0.1) is 12.1 Å². The number of hydrogen-bond donors (Lipinski definition) is 2. The molecule has 0 aliphatic carbocycles. The molecule has 0 unspecified atom stereocenters. The van der Waals surface area contributed by atoms with Crippen molar-refractivity contribution in [1.29, 1.82) is 0 Å². The predicted octanol–water partition coefficient (Wildman–Crippen LogP) is 1.07. The molecule has 0 spiro atoms. The second-order valence-electron chi connectivity index (χ2n) is 3.19. The Hall–Kier alpha value is -1.61. The van der Waals surface area contributed by atoms with E-state index in [0.29, 0.717) is 12.1 Å².